The van der Waals surface area contributed by atoms with Gasteiger partial charge in [0.05, 0.1) is 14.2 Å². The second-order valence-electron chi connectivity index (χ2n) is 7.81. The highest BCUT2D eigenvalue weighted by atomic mass is 16.5. The number of ether oxygens (including phenoxy) is 2. The highest BCUT2D eigenvalue weighted by molar-refractivity contribution is 5.80. The van der Waals surface area contributed by atoms with Crippen LogP contribution in [0.15, 0.2) is 18.2 Å². The topological polar surface area (TPSA) is 62.3 Å². The van der Waals surface area contributed by atoms with Crippen molar-refractivity contribution in [2.75, 3.05) is 41.4 Å². The van der Waals surface area contributed by atoms with Gasteiger partial charge in [-0.25, -0.2) is 4.79 Å². The number of hydrogen-bond donors (Lipinski definition) is 0. The summed E-state index contributed by atoms with van der Waals surface area (Å²) in [4.78, 5) is 30.8. The minimum atomic E-state index is -0.0246. The molecule has 1 heterocycles. The third-order valence-electron chi connectivity index (χ3n) is 5.60. The number of benzene rings is 1. The Bertz CT molecular complexity index is 710. The monoisotopic (exact) mass is 389 g/mol. The van der Waals surface area contributed by atoms with Crippen molar-refractivity contribution in [3.8, 4) is 11.5 Å². The van der Waals surface area contributed by atoms with Crippen LogP contribution in [-0.4, -0.2) is 74.1 Å². The first kappa shape index (κ1) is 20.3. The molecule has 0 unspecified atom stereocenters. The van der Waals surface area contributed by atoms with Crippen LogP contribution in [0.4, 0.5) is 4.79 Å². The fourth-order valence-electron chi connectivity index (χ4n) is 3.80. The SMILES string of the molecule is COc1ccc(OC)c(CN(C(=O)C2CCN(C(=O)N(C)C)CC2)C2CC2)c1. The standard InChI is InChI=1S/C21H31N3O4/c1-22(2)21(26)23-11-9-15(10-12-23)20(25)24(17-5-6-17)14-16-13-18(27-3)7-8-19(16)28-4/h7-8,13,15,17H,5-6,9-12,14H2,1-4H3. The molecule has 7 heteroatoms. The summed E-state index contributed by atoms with van der Waals surface area (Å²) in [5.74, 6) is 1.70. The number of nitrogens with zero attached hydrogens (tertiary/aromatic N) is 3. The van der Waals surface area contributed by atoms with Gasteiger partial charge in [-0.05, 0) is 43.9 Å². The second kappa shape index (κ2) is 8.71. The Morgan fingerprint density at radius 2 is 1.75 bits per heavy atom. The van der Waals surface area contributed by atoms with Crippen LogP contribution in [0.1, 0.15) is 31.2 Å². The summed E-state index contributed by atoms with van der Waals surface area (Å²) in [6.07, 6.45) is 3.54. The Morgan fingerprint density at radius 3 is 2.29 bits per heavy atom. The van der Waals surface area contributed by atoms with Gasteiger partial charge in [0, 0.05) is 51.3 Å². The number of hydrogen-bond acceptors (Lipinski definition) is 4. The van der Waals surface area contributed by atoms with Crippen molar-refractivity contribution in [1.82, 2.24) is 14.7 Å². The molecular weight excluding hydrogens is 358 g/mol. The summed E-state index contributed by atoms with van der Waals surface area (Å²) in [6, 6.07) is 6.02. The number of methoxy groups -OCH3 is 2. The summed E-state index contributed by atoms with van der Waals surface area (Å²) >= 11 is 0. The number of carbonyl (C=O) groups excluding carboxylic acids is 2. The predicted octanol–water partition coefficient (Wildman–Crippen LogP) is 2.59. The maximum absolute atomic E-state index is 13.3. The molecule has 3 amide bonds. The molecule has 0 aromatic heterocycles. The van der Waals surface area contributed by atoms with Crippen LogP contribution in [0, 0.1) is 5.92 Å². The van der Waals surface area contributed by atoms with Gasteiger partial charge in [-0.1, -0.05) is 0 Å². The number of carbonyl (C=O) groups is 2. The van der Waals surface area contributed by atoms with Gasteiger partial charge in [-0.3, -0.25) is 4.79 Å². The molecule has 2 aliphatic rings. The van der Waals surface area contributed by atoms with E-state index in [9.17, 15) is 9.59 Å². The summed E-state index contributed by atoms with van der Waals surface area (Å²) in [5.41, 5.74) is 0.960. The van der Waals surface area contributed by atoms with Gasteiger partial charge >= 0.3 is 6.03 Å². The Labute approximate surface area is 167 Å². The highest BCUT2D eigenvalue weighted by Gasteiger charge is 2.38. The Kier molecular flexibility index (Phi) is 6.31. The van der Waals surface area contributed by atoms with Crippen molar-refractivity contribution < 1.29 is 19.1 Å². The van der Waals surface area contributed by atoms with E-state index in [1.165, 1.54) is 0 Å². The summed E-state index contributed by atoms with van der Waals surface area (Å²) < 4.78 is 10.8. The molecule has 28 heavy (non-hydrogen) atoms. The number of piperidine rings is 1. The Hall–Kier alpha value is -2.44. The average molecular weight is 389 g/mol. The zero-order valence-electron chi connectivity index (χ0n) is 17.3. The van der Waals surface area contributed by atoms with Crippen molar-refractivity contribution >= 4 is 11.9 Å². The molecule has 0 bridgehead atoms. The molecule has 0 atom stereocenters. The molecule has 1 aromatic rings. The van der Waals surface area contributed by atoms with Gasteiger partial charge in [0.25, 0.3) is 0 Å². The Morgan fingerprint density at radius 1 is 1.07 bits per heavy atom. The van der Waals surface area contributed by atoms with E-state index < -0.39 is 0 Å². The molecule has 0 N–H and O–H groups in total. The molecular formula is C21H31N3O4. The molecule has 7 nitrogen and oxygen atoms in total. The fraction of sp³-hybridized carbons (Fsp3) is 0.619. The van der Waals surface area contributed by atoms with Crippen LogP contribution in [0.2, 0.25) is 0 Å². The molecule has 1 aromatic carbocycles. The van der Waals surface area contributed by atoms with Gasteiger partial charge < -0.3 is 24.2 Å². The Balaban J connectivity index is 1.68. The minimum Gasteiger partial charge on any atom is -0.497 e. The van der Waals surface area contributed by atoms with Crippen LogP contribution in [0.3, 0.4) is 0 Å². The quantitative estimate of drug-likeness (QED) is 0.750. The van der Waals surface area contributed by atoms with Crippen molar-refractivity contribution in [1.29, 1.82) is 0 Å². The maximum Gasteiger partial charge on any atom is 0.319 e. The zero-order valence-corrected chi connectivity index (χ0v) is 17.3. The van der Waals surface area contributed by atoms with E-state index in [2.05, 4.69) is 0 Å². The number of amides is 3. The number of likely N-dealkylation sites (tertiary alicyclic amines) is 1. The van der Waals surface area contributed by atoms with Crippen LogP contribution in [0.25, 0.3) is 0 Å². The lowest BCUT2D eigenvalue weighted by Gasteiger charge is -2.35. The van der Waals surface area contributed by atoms with E-state index in [1.807, 2.05) is 28.0 Å². The molecule has 2 fully saturated rings. The first-order valence-corrected chi connectivity index (χ1v) is 9.92. The van der Waals surface area contributed by atoms with E-state index in [1.54, 1.807) is 33.2 Å². The maximum atomic E-state index is 13.3. The molecule has 0 spiro atoms. The lowest BCUT2D eigenvalue weighted by Crippen LogP contribution is -2.47. The van der Waals surface area contributed by atoms with E-state index in [0.29, 0.717) is 25.7 Å². The summed E-state index contributed by atoms with van der Waals surface area (Å²) in [5, 5.41) is 0. The average Bonchev–Trinajstić information content (AvgIpc) is 3.56. The van der Waals surface area contributed by atoms with Crippen LogP contribution in [-0.2, 0) is 11.3 Å². The largest absolute Gasteiger partial charge is 0.497 e. The van der Waals surface area contributed by atoms with Crippen molar-refractivity contribution in [3.05, 3.63) is 23.8 Å². The first-order valence-electron chi connectivity index (χ1n) is 9.92. The van der Waals surface area contributed by atoms with E-state index in [-0.39, 0.29) is 17.9 Å². The van der Waals surface area contributed by atoms with E-state index >= 15 is 0 Å². The van der Waals surface area contributed by atoms with Gasteiger partial charge in [-0.15, -0.1) is 0 Å². The van der Waals surface area contributed by atoms with Gasteiger partial charge in [0.15, 0.2) is 0 Å². The van der Waals surface area contributed by atoms with Crippen molar-refractivity contribution in [2.24, 2.45) is 5.92 Å². The van der Waals surface area contributed by atoms with Crippen LogP contribution < -0.4 is 9.47 Å². The highest BCUT2D eigenvalue weighted by Crippen LogP contribution is 2.34. The predicted molar refractivity (Wildman–Crippen MR) is 106 cm³/mol. The molecule has 1 saturated carbocycles. The van der Waals surface area contributed by atoms with Crippen molar-refractivity contribution in [2.45, 2.75) is 38.3 Å². The van der Waals surface area contributed by atoms with E-state index in [0.717, 1.165) is 42.7 Å². The zero-order chi connectivity index (χ0) is 20.3. The smallest absolute Gasteiger partial charge is 0.319 e. The lowest BCUT2D eigenvalue weighted by atomic mass is 9.95. The lowest BCUT2D eigenvalue weighted by molar-refractivity contribution is -0.138. The fourth-order valence-corrected chi connectivity index (χ4v) is 3.80. The van der Waals surface area contributed by atoms with Gasteiger partial charge in [0.1, 0.15) is 11.5 Å². The third kappa shape index (κ3) is 4.51. The van der Waals surface area contributed by atoms with Crippen LogP contribution in [0.5, 0.6) is 11.5 Å². The van der Waals surface area contributed by atoms with Gasteiger partial charge in [0.2, 0.25) is 5.91 Å². The molecule has 1 saturated heterocycles. The molecule has 0 radical (unpaired) electrons. The second-order valence-corrected chi connectivity index (χ2v) is 7.81. The molecule has 154 valence electrons. The molecule has 3 rings (SSSR count). The number of urea groups is 1. The molecule has 1 aliphatic heterocycles. The third-order valence-corrected chi connectivity index (χ3v) is 5.60. The van der Waals surface area contributed by atoms with Crippen LogP contribution >= 0.6 is 0 Å². The first-order chi connectivity index (χ1) is 13.4. The summed E-state index contributed by atoms with van der Waals surface area (Å²) in [6.45, 7) is 1.80. The molecule has 1 aliphatic carbocycles. The normalized spacial score (nSPS) is 17.2. The number of rotatable bonds is 6. The van der Waals surface area contributed by atoms with E-state index in [4.69, 9.17) is 9.47 Å². The summed E-state index contributed by atoms with van der Waals surface area (Å²) in [7, 11) is 6.80. The minimum absolute atomic E-state index is 0.0195. The van der Waals surface area contributed by atoms with Crippen molar-refractivity contribution in [3.63, 3.8) is 0 Å². The van der Waals surface area contributed by atoms with Gasteiger partial charge in [-0.2, -0.15) is 0 Å².